The molecule has 0 atom stereocenters. The Morgan fingerprint density at radius 2 is 0.504 bits per heavy atom. The van der Waals surface area contributed by atoms with E-state index in [1.165, 1.54) is 98.8 Å². The molecule has 0 aliphatic heterocycles. The summed E-state index contributed by atoms with van der Waals surface area (Å²) in [5.74, 6) is 1.08. The van der Waals surface area contributed by atoms with E-state index in [1.807, 2.05) is 97.1 Å². The highest BCUT2D eigenvalue weighted by atomic mass is 35.5. The molecule has 0 unspecified atom stereocenters. The number of hydrogen-bond acceptors (Lipinski definition) is 25. The number of fused-ring (bicyclic) bond motifs is 4. The van der Waals surface area contributed by atoms with Gasteiger partial charge in [-0.25, -0.2) is 37.5 Å². The van der Waals surface area contributed by atoms with E-state index in [-0.39, 0.29) is 20.1 Å². The molecule has 0 bridgehead atoms. The van der Waals surface area contributed by atoms with E-state index in [4.69, 9.17) is 107 Å². The van der Waals surface area contributed by atoms with E-state index in [9.17, 15) is 41.5 Å². The number of nitrogens with one attached hydrogen (secondary N) is 4. The van der Waals surface area contributed by atoms with Crippen LogP contribution in [0.4, 0.5) is 63.1 Å². The number of thiophene rings is 4. The van der Waals surface area contributed by atoms with Gasteiger partial charge in [0.25, 0.3) is 23.6 Å². The summed E-state index contributed by atoms with van der Waals surface area (Å²) in [6.07, 6.45) is 0.750. The zero-order valence-electron chi connectivity index (χ0n) is 69.6. The summed E-state index contributed by atoms with van der Waals surface area (Å²) in [5.41, 5.74) is 33.4. The van der Waals surface area contributed by atoms with E-state index in [1.54, 1.807) is 95.2 Å². The zero-order valence-corrected chi connectivity index (χ0v) is 75.9. The van der Waals surface area contributed by atoms with Crippen molar-refractivity contribution in [3.05, 3.63) is 257 Å². The summed E-state index contributed by atoms with van der Waals surface area (Å²) >= 11 is 28.7. The Balaban J connectivity index is 0.000000153. The molecule has 8 aromatic carbocycles. The number of nitrogens with zero attached hydrogens (tertiary/aromatic N) is 5. The molecular weight excluding hydrogens is 1830 g/mol. The van der Waals surface area contributed by atoms with Crippen LogP contribution in [0.1, 0.15) is 38.7 Å². The maximum absolute atomic E-state index is 13.2. The third-order valence-corrected chi connectivity index (χ3v) is 24.6. The van der Waals surface area contributed by atoms with Crippen LogP contribution >= 0.6 is 91.8 Å². The highest BCUT2D eigenvalue weighted by Crippen LogP contribution is 2.44. The van der Waals surface area contributed by atoms with Crippen molar-refractivity contribution in [2.24, 2.45) is 0 Å². The van der Waals surface area contributed by atoms with Crippen molar-refractivity contribution in [2.45, 2.75) is 0 Å². The largest absolute Gasteiger partial charge is 0.493 e. The quantitative estimate of drug-likeness (QED) is 0.0245. The van der Waals surface area contributed by atoms with Crippen molar-refractivity contribution >= 4 is 208 Å². The van der Waals surface area contributed by atoms with Crippen LogP contribution in [0, 0.1) is 23.3 Å². The molecule has 0 aliphatic rings. The lowest BCUT2D eigenvalue weighted by Gasteiger charge is -2.09. The van der Waals surface area contributed by atoms with E-state index in [0.717, 1.165) is 52.9 Å². The molecule has 16 aromatic rings. The second-order valence-corrected chi connectivity index (χ2v) is 32.9. The molecule has 38 heteroatoms. The van der Waals surface area contributed by atoms with Crippen molar-refractivity contribution in [1.82, 2.24) is 24.8 Å². The van der Waals surface area contributed by atoms with Crippen molar-refractivity contribution in [2.75, 3.05) is 115 Å². The normalized spacial score (nSPS) is 10.7. The SMILES string of the molecule is CN(C)C=O.COc1ccc(-c2ccc3c(N)c(C(=O)Nc4ccc(F)cc4Cl)sc3n2)cc1OC.COc1ccc(-c2ccc3c(N)c(C(=O)Nc4ccc(F)cc4Cl)sc3n2)cc1OC.COc1ccc(-c2ccc3c(N)c(C(=O)Nc4ccc(F)cc4Cl)sc3n2)cc1OC.COc1ccc(-c2ccc3c(N)c(C(=O)Nc4ccc(F)cc4Cl)sc3n2)cc1OC. The number of halogens is 8. The van der Waals surface area contributed by atoms with Gasteiger partial charge in [0.1, 0.15) is 62.1 Å². The van der Waals surface area contributed by atoms with Gasteiger partial charge in [0, 0.05) is 57.9 Å². The third kappa shape index (κ3) is 21.8. The van der Waals surface area contributed by atoms with Crippen LogP contribution in [-0.4, -0.2) is 126 Å². The number of anilines is 8. The molecule has 0 aliphatic carbocycles. The second-order valence-electron chi connectivity index (χ2n) is 27.2. The minimum atomic E-state index is -0.490. The van der Waals surface area contributed by atoms with Gasteiger partial charge in [-0.2, -0.15) is 0 Å². The Labute approximate surface area is 770 Å². The number of nitrogen functional groups attached to an aromatic ring is 4. The van der Waals surface area contributed by atoms with Crippen LogP contribution in [0.25, 0.3) is 85.9 Å². The molecule has 129 heavy (non-hydrogen) atoms. The van der Waals surface area contributed by atoms with Crippen LogP contribution in [0.5, 0.6) is 46.0 Å². The number of ether oxygens (including phenoxy) is 8. The van der Waals surface area contributed by atoms with Crippen LogP contribution in [0.15, 0.2) is 194 Å². The average molecular weight is 1900 g/mol. The van der Waals surface area contributed by atoms with Crippen LogP contribution in [0.2, 0.25) is 20.1 Å². The Morgan fingerprint density at radius 1 is 0.310 bits per heavy atom. The summed E-state index contributed by atoms with van der Waals surface area (Å²) < 4.78 is 95.5. The van der Waals surface area contributed by atoms with Crippen molar-refractivity contribution in [3.8, 4) is 91.0 Å². The van der Waals surface area contributed by atoms with Crippen LogP contribution in [0.3, 0.4) is 0 Å². The molecule has 5 amide bonds. The number of amides is 5. The Bertz CT molecular complexity index is 6170. The number of benzene rings is 8. The molecule has 8 heterocycles. The standard InChI is InChI=1S/4C22H17ClFN3O3S.C3H7NO/c4*1-29-17-8-3-11(9-18(17)30-2)15-7-5-13-19(25)20(31-22(13)27-15)21(28)26-16-6-4-12(24)10-14(16)23;1-4(2)3-5/h4*3-10H,25H2,1-2H3,(H,26,28);3H,1-2H3. The topological polar surface area (TPSA) is 366 Å². The van der Waals surface area contributed by atoms with E-state index in [0.29, 0.717) is 175 Å². The molecule has 26 nitrogen and oxygen atoms in total. The maximum Gasteiger partial charge on any atom is 0.267 e. The van der Waals surface area contributed by atoms with Crippen LogP contribution < -0.4 is 82.1 Å². The number of carbonyl (C=O) groups is 5. The predicted molar refractivity (Wildman–Crippen MR) is 507 cm³/mol. The molecule has 0 saturated carbocycles. The number of pyridine rings is 4. The molecule has 0 fully saturated rings. The Kier molecular flexibility index (Phi) is 30.7. The van der Waals surface area contributed by atoms with Gasteiger partial charge in [0.2, 0.25) is 6.41 Å². The average Bonchev–Trinajstić information content (AvgIpc) is 1.64. The minimum Gasteiger partial charge on any atom is -0.493 e. The summed E-state index contributed by atoms with van der Waals surface area (Å²) in [7, 11) is 15.9. The van der Waals surface area contributed by atoms with Gasteiger partial charge in [-0.15, -0.1) is 45.3 Å². The molecule has 0 saturated heterocycles. The van der Waals surface area contributed by atoms with Crippen molar-refractivity contribution in [3.63, 3.8) is 0 Å². The van der Waals surface area contributed by atoms with E-state index >= 15 is 0 Å². The minimum absolute atomic E-state index is 0.0990. The molecule has 0 radical (unpaired) electrons. The molecule has 16 rings (SSSR count). The lowest BCUT2D eigenvalue weighted by atomic mass is 10.1. The molecular formula is C91H75Cl4F4N13O13S4. The first-order valence-electron chi connectivity index (χ1n) is 37.7. The fourth-order valence-corrected chi connectivity index (χ4v) is 17.2. The van der Waals surface area contributed by atoms with Gasteiger partial charge in [0.05, 0.1) is 145 Å². The predicted octanol–water partition coefficient (Wildman–Crippen LogP) is 22.1. The first-order chi connectivity index (χ1) is 61.9. The summed E-state index contributed by atoms with van der Waals surface area (Å²) in [6.45, 7) is 0. The van der Waals surface area contributed by atoms with Gasteiger partial charge < -0.3 is 87.0 Å². The molecule has 8 aromatic heterocycles. The van der Waals surface area contributed by atoms with Crippen molar-refractivity contribution in [1.29, 1.82) is 0 Å². The number of aromatic nitrogens is 4. The highest BCUT2D eigenvalue weighted by Gasteiger charge is 2.26. The lowest BCUT2D eigenvalue weighted by Crippen LogP contribution is -2.12. The smallest absolute Gasteiger partial charge is 0.267 e. The summed E-state index contributed by atoms with van der Waals surface area (Å²) in [5, 5.41) is 13.7. The monoisotopic (exact) mass is 1900 g/mol. The van der Waals surface area contributed by atoms with E-state index in [2.05, 4.69) is 41.2 Å². The lowest BCUT2D eigenvalue weighted by molar-refractivity contribution is -0.115. The Morgan fingerprint density at radius 3 is 0.674 bits per heavy atom. The molecule has 662 valence electrons. The maximum atomic E-state index is 13.2. The fraction of sp³-hybridized carbons (Fsp3) is 0.110. The number of nitrogens with two attached hydrogens (primary N) is 4. The van der Waals surface area contributed by atoms with Gasteiger partial charge in [-0.05, 0) is 194 Å². The van der Waals surface area contributed by atoms with Crippen molar-refractivity contribution < 1.29 is 79.4 Å². The first-order valence-corrected chi connectivity index (χ1v) is 42.5. The highest BCUT2D eigenvalue weighted by molar-refractivity contribution is 7.22. The summed E-state index contributed by atoms with van der Waals surface area (Å²) in [4.78, 5) is 84.2. The van der Waals surface area contributed by atoms with Gasteiger partial charge in [-0.1, -0.05) is 46.4 Å². The first kappa shape index (κ1) is 94.2. The van der Waals surface area contributed by atoms with Gasteiger partial charge in [0.15, 0.2) is 46.0 Å². The molecule has 0 spiro atoms. The van der Waals surface area contributed by atoms with E-state index < -0.39 is 46.9 Å². The number of carbonyl (C=O) groups excluding carboxylic acids is 5. The fourth-order valence-electron chi connectivity index (χ4n) is 12.4. The number of rotatable bonds is 21. The number of methoxy groups -OCH3 is 8. The second kappa shape index (κ2) is 42.1. The van der Waals surface area contributed by atoms with Gasteiger partial charge in [-0.3, -0.25) is 24.0 Å². The van der Waals surface area contributed by atoms with Gasteiger partial charge >= 0.3 is 0 Å². The number of hydrogen-bond donors (Lipinski definition) is 8. The van der Waals surface area contributed by atoms with Crippen LogP contribution in [-0.2, 0) is 4.79 Å². The summed E-state index contributed by atoms with van der Waals surface area (Å²) in [6, 6.07) is 51.5. The zero-order chi connectivity index (χ0) is 92.8. The third-order valence-electron chi connectivity index (χ3n) is 18.8. The molecule has 12 N–H and O–H groups in total. The Hall–Kier alpha value is -14.0.